The van der Waals surface area contributed by atoms with Gasteiger partial charge in [-0.1, -0.05) is 11.6 Å². The van der Waals surface area contributed by atoms with Gasteiger partial charge in [-0.15, -0.1) is 0 Å². The summed E-state index contributed by atoms with van der Waals surface area (Å²) in [6.45, 7) is 1.04. The van der Waals surface area contributed by atoms with Crippen LogP contribution in [-0.4, -0.2) is 40.4 Å². The lowest BCUT2D eigenvalue weighted by Crippen LogP contribution is -2.55. The molecule has 2 unspecified atom stereocenters. The van der Waals surface area contributed by atoms with E-state index >= 15 is 0 Å². The van der Waals surface area contributed by atoms with Gasteiger partial charge in [0, 0.05) is 24.0 Å². The molecule has 1 fully saturated rings. The molecule has 3 aliphatic rings. The van der Waals surface area contributed by atoms with E-state index in [2.05, 4.69) is 20.3 Å². The molecule has 9 nitrogen and oxygen atoms in total. The molecule has 2 atom stereocenters. The van der Waals surface area contributed by atoms with Gasteiger partial charge < -0.3 is 15.9 Å². The average Bonchev–Trinajstić information content (AvgIpc) is 3.48. The van der Waals surface area contributed by atoms with E-state index in [0.717, 1.165) is 31.5 Å². The molecule has 34 heavy (non-hydrogen) atoms. The second-order valence-electron chi connectivity index (χ2n) is 8.45. The van der Waals surface area contributed by atoms with Gasteiger partial charge in [-0.3, -0.25) is 4.90 Å². The van der Waals surface area contributed by atoms with Crippen LogP contribution in [0, 0.1) is 0 Å². The number of likely N-dealkylation sites (tertiary alicyclic amines) is 1. The smallest absolute Gasteiger partial charge is 0.416 e. The third-order valence-corrected chi connectivity index (χ3v) is 6.31. The number of nitrogens with one attached hydrogen (secondary N) is 1. The van der Waals surface area contributed by atoms with E-state index < -0.39 is 17.4 Å². The highest BCUT2D eigenvalue weighted by atomic mass is 35.5. The lowest BCUT2D eigenvalue weighted by molar-refractivity contribution is -0.137. The van der Waals surface area contributed by atoms with Crippen molar-refractivity contribution in [2.45, 2.75) is 43.7 Å². The molecule has 3 aliphatic heterocycles. The average molecular weight is 495 g/mol. The number of nitrogens with two attached hydrogens (primary N) is 2. The van der Waals surface area contributed by atoms with Crippen molar-refractivity contribution in [3.63, 3.8) is 0 Å². The van der Waals surface area contributed by atoms with Crippen LogP contribution in [0.1, 0.15) is 36.1 Å². The van der Waals surface area contributed by atoms with Crippen molar-refractivity contribution < 1.29 is 17.6 Å². The molecular weight excluding hydrogens is 473 g/mol. The van der Waals surface area contributed by atoms with E-state index in [9.17, 15) is 13.2 Å². The molecule has 1 aromatic heterocycles. The van der Waals surface area contributed by atoms with Gasteiger partial charge in [0.05, 0.1) is 11.8 Å². The Morgan fingerprint density at radius 1 is 1.24 bits per heavy atom. The number of guanidine groups is 3. The van der Waals surface area contributed by atoms with E-state index in [4.69, 9.17) is 32.5 Å². The summed E-state index contributed by atoms with van der Waals surface area (Å²) in [5.41, 5.74) is 13.7. The Morgan fingerprint density at radius 3 is 2.79 bits per heavy atom. The highest BCUT2D eigenvalue weighted by Crippen LogP contribution is 2.38. The number of alkyl halides is 3. The van der Waals surface area contributed by atoms with E-state index in [1.165, 1.54) is 5.01 Å². The van der Waals surface area contributed by atoms with Crippen LogP contribution in [0.5, 0.6) is 0 Å². The van der Waals surface area contributed by atoms with Crippen LogP contribution in [0.25, 0.3) is 0 Å². The van der Waals surface area contributed by atoms with Crippen LogP contribution >= 0.6 is 11.6 Å². The van der Waals surface area contributed by atoms with E-state index in [0.29, 0.717) is 24.3 Å². The van der Waals surface area contributed by atoms with Gasteiger partial charge in [0.1, 0.15) is 5.76 Å². The van der Waals surface area contributed by atoms with Crippen LogP contribution in [-0.2, 0) is 18.4 Å². The van der Waals surface area contributed by atoms with Gasteiger partial charge >= 0.3 is 6.18 Å². The zero-order valence-corrected chi connectivity index (χ0v) is 18.6. The maximum absolute atomic E-state index is 13.3. The van der Waals surface area contributed by atoms with E-state index in [1.807, 2.05) is 0 Å². The molecule has 0 saturated carbocycles. The summed E-state index contributed by atoms with van der Waals surface area (Å²) in [5, 5.41) is 1.50. The van der Waals surface area contributed by atoms with Gasteiger partial charge in [-0.25, -0.2) is 10.0 Å². The van der Waals surface area contributed by atoms with Crippen molar-refractivity contribution in [3.05, 3.63) is 58.5 Å². The number of fused-ring (bicyclic) bond motifs is 1. The molecule has 0 amide bonds. The van der Waals surface area contributed by atoms with Crippen molar-refractivity contribution in [2.75, 3.05) is 6.54 Å². The lowest BCUT2D eigenvalue weighted by Gasteiger charge is -2.33. The van der Waals surface area contributed by atoms with Gasteiger partial charge in [0.2, 0.25) is 17.9 Å². The number of benzene rings is 1. The molecule has 1 aromatic carbocycles. The summed E-state index contributed by atoms with van der Waals surface area (Å²) in [6, 6.07) is 7.18. The number of hydrazine groups is 1. The Kier molecular flexibility index (Phi) is 5.53. The molecule has 180 valence electrons. The van der Waals surface area contributed by atoms with Crippen LogP contribution < -0.4 is 16.9 Å². The highest BCUT2D eigenvalue weighted by molar-refractivity contribution is 6.30. The molecule has 13 heteroatoms. The summed E-state index contributed by atoms with van der Waals surface area (Å²) in [4.78, 5) is 15.0. The number of halogens is 4. The SMILES string of the molecule is NC1=NC2=NC(CC3CCCN3Cc3cc(Cl)cc(C(F)(F)F)c3)(c3ccco3)NN2C(N)=N1. The topological polar surface area (TPSA) is 121 Å². The van der Waals surface area contributed by atoms with Crippen molar-refractivity contribution >= 4 is 29.5 Å². The molecule has 5 N–H and O–H groups in total. The minimum atomic E-state index is -4.47. The summed E-state index contributed by atoms with van der Waals surface area (Å²) in [5.74, 6) is 0.899. The molecule has 2 aromatic rings. The zero-order chi connectivity index (χ0) is 24.1. The summed E-state index contributed by atoms with van der Waals surface area (Å²) < 4.78 is 45.5. The molecule has 1 saturated heterocycles. The normalized spacial score (nSPS) is 25.2. The molecule has 0 radical (unpaired) electrons. The first-order chi connectivity index (χ1) is 16.1. The fourth-order valence-corrected chi connectivity index (χ4v) is 4.90. The third kappa shape index (κ3) is 4.24. The van der Waals surface area contributed by atoms with Crippen LogP contribution in [0.2, 0.25) is 5.02 Å². The second kappa shape index (κ2) is 8.29. The summed E-state index contributed by atoms with van der Waals surface area (Å²) in [6.07, 6.45) is -0.749. The molecule has 4 heterocycles. The fourth-order valence-electron chi connectivity index (χ4n) is 4.64. The molecule has 0 bridgehead atoms. The molecule has 0 aliphatic carbocycles. The Morgan fingerprint density at radius 2 is 2.06 bits per heavy atom. The van der Waals surface area contributed by atoms with Crippen molar-refractivity contribution in [1.82, 2.24) is 15.3 Å². The Bertz CT molecular complexity index is 1180. The first-order valence-electron chi connectivity index (χ1n) is 10.6. The Labute approximate surface area is 197 Å². The zero-order valence-electron chi connectivity index (χ0n) is 17.9. The monoisotopic (exact) mass is 494 g/mol. The maximum Gasteiger partial charge on any atom is 0.416 e. The highest BCUT2D eigenvalue weighted by Gasteiger charge is 2.48. The van der Waals surface area contributed by atoms with Gasteiger partial charge in [-0.05, 0) is 55.3 Å². The third-order valence-electron chi connectivity index (χ3n) is 6.09. The van der Waals surface area contributed by atoms with Gasteiger partial charge in [0.15, 0.2) is 5.66 Å². The number of aliphatic imine (C=N–C) groups is 3. The second-order valence-corrected chi connectivity index (χ2v) is 8.89. The van der Waals surface area contributed by atoms with E-state index in [-0.39, 0.29) is 28.9 Å². The van der Waals surface area contributed by atoms with Crippen LogP contribution in [0.15, 0.2) is 56.0 Å². The number of hydrogen-bond donors (Lipinski definition) is 3. The van der Waals surface area contributed by atoms with Crippen LogP contribution in [0.3, 0.4) is 0 Å². The minimum absolute atomic E-state index is 0.00605. The number of nitrogens with zero attached hydrogens (tertiary/aromatic N) is 5. The quantitative estimate of drug-likeness (QED) is 0.587. The standard InChI is InChI=1S/C21H22ClF3N8O/c22-14-8-12(7-13(9-14)21(23,24)25)11-32-5-1-3-15(32)10-20(16-4-2-6-34-16)30-19-29-17(26)28-18(27)33(19)31-20/h2,4,6-9,15,31H,1,3,5,10-11H2,(H4,26,27,28,29,30). The van der Waals surface area contributed by atoms with Gasteiger partial charge in [0.25, 0.3) is 0 Å². The number of hydrogen-bond acceptors (Lipinski definition) is 9. The van der Waals surface area contributed by atoms with Crippen molar-refractivity contribution in [2.24, 2.45) is 26.4 Å². The molecular formula is C21H22ClF3N8O. The largest absolute Gasteiger partial charge is 0.465 e. The molecule has 5 rings (SSSR count). The Balaban J connectivity index is 1.42. The summed E-state index contributed by atoms with van der Waals surface area (Å²) in [7, 11) is 0. The number of furan rings is 1. The lowest BCUT2D eigenvalue weighted by atomic mass is 9.96. The first kappa shape index (κ1) is 22.7. The molecule has 0 spiro atoms. The maximum atomic E-state index is 13.3. The minimum Gasteiger partial charge on any atom is -0.465 e. The van der Waals surface area contributed by atoms with E-state index in [1.54, 1.807) is 24.5 Å². The predicted molar refractivity (Wildman–Crippen MR) is 121 cm³/mol. The number of rotatable bonds is 5. The first-order valence-corrected chi connectivity index (χ1v) is 11.0. The summed E-state index contributed by atoms with van der Waals surface area (Å²) >= 11 is 5.99. The van der Waals surface area contributed by atoms with Crippen molar-refractivity contribution in [1.29, 1.82) is 0 Å². The fraction of sp³-hybridized carbons (Fsp3) is 0.381. The predicted octanol–water partition coefficient (Wildman–Crippen LogP) is 2.98. The van der Waals surface area contributed by atoms with Gasteiger partial charge in [-0.2, -0.15) is 28.6 Å². The Hall–Kier alpha value is -3.09. The van der Waals surface area contributed by atoms with Crippen LogP contribution in [0.4, 0.5) is 13.2 Å². The van der Waals surface area contributed by atoms with Crippen molar-refractivity contribution in [3.8, 4) is 0 Å².